The molecule has 7 heteroatoms. The molecule has 1 heterocycles. The van der Waals surface area contributed by atoms with E-state index in [0.29, 0.717) is 5.76 Å². The molecular formula is C12H17O6P. The lowest BCUT2D eigenvalue weighted by molar-refractivity contribution is -0.138. The van der Waals surface area contributed by atoms with Gasteiger partial charge in [0.1, 0.15) is 5.76 Å². The van der Waals surface area contributed by atoms with Crippen LogP contribution in [0.25, 0.3) is 6.08 Å². The Morgan fingerprint density at radius 3 is 2.58 bits per heavy atom. The van der Waals surface area contributed by atoms with Crippen molar-refractivity contribution in [1.82, 2.24) is 0 Å². The van der Waals surface area contributed by atoms with Crippen molar-refractivity contribution in [3.8, 4) is 0 Å². The third-order valence-electron chi connectivity index (χ3n) is 2.32. The van der Waals surface area contributed by atoms with Crippen molar-refractivity contribution in [3.05, 3.63) is 29.7 Å². The van der Waals surface area contributed by atoms with Crippen molar-refractivity contribution in [3.63, 3.8) is 0 Å². The fourth-order valence-corrected chi connectivity index (χ4v) is 2.40. The lowest BCUT2D eigenvalue weighted by Gasteiger charge is -2.14. The summed E-state index contributed by atoms with van der Waals surface area (Å²) in [5.74, 6) is -0.116. The maximum Gasteiger partial charge on any atom is 0.334 e. The standard InChI is InChI=1S/C12H17O6P/c1-4-17-12(13)10(8-11-6-5-7-18-11)9-19(14,15-2)16-3/h5-8H,4,9H2,1-3H3/b10-8-. The molecule has 0 saturated heterocycles. The third-order valence-corrected chi connectivity index (χ3v) is 4.16. The van der Waals surface area contributed by atoms with E-state index >= 15 is 0 Å². The minimum atomic E-state index is -3.34. The van der Waals surface area contributed by atoms with Gasteiger partial charge in [-0.05, 0) is 25.1 Å². The van der Waals surface area contributed by atoms with Gasteiger partial charge in [0.25, 0.3) is 0 Å². The van der Waals surface area contributed by atoms with E-state index in [1.807, 2.05) is 0 Å². The van der Waals surface area contributed by atoms with E-state index in [-0.39, 0.29) is 18.3 Å². The van der Waals surface area contributed by atoms with Gasteiger partial charge in [0.05, 0.1) is 24.6 Å². The van der Waals surface area contributed by atoms with Gasteiger partial charge in [-0.25, -0.2) is 4.79 Å². The molecule has 0 radical (unpaired) electrons. The van der Waals surface area contributed by atoms with Crippen LogP contribution in [0.4, 0.5) is 0 Å². The lowest BCUT2D eigenvalue weighted by Crippen LogP contribution is -2.12. The number of esters is 1. The summed E-state index contributed by atoms with van der Waals surface area (Å²) in [4.78, 5) is 11.8. The molecule has 1 aromatic rings. The Balaban J connectivity index is 3.00. The van der Waals surface area contributed by atoms with E-state index in [2.05, 4.69) is 0 Å². The molecule has 0 aliphatic heterocycles. The van der Waals surface area contributed by atoms with Gasteiger partial charge in [-0.2, -0.15) is 0 Å². The van der Waals surface area contributed by atoms with Crippen LogP contribution in [-0.2, 0) is 23.1 Å². The minimum absolute atomic E-state index is 0.170. The van der Waals surface area contributed by atoms with E-state index in [4.69, 9.17) is 18.2 Å². The Hall–Kier alpha value is -1.36. The molecule has 0 fully saturated rings. The summed E-state index contributed by atoms with van der Waals surface area (Å²) in [5.41, 5.74) is 0.170. The first-order chi connectivity index (χ1) is 9.04. The molecule has 1 rings (SSSR count). The number of carbonyl (C=O) groups is 1. The second kappa shape index (κ2) is 7.28. The van der Waals surface area contributed by atoms with Crippen LogP contribution < -0.4 is 0 Å². The average molecular weight is 288 g/mol. The van der Waals surface area contributed by atoms with E-state index in [1.165, 1.54) is 26.6 Å². The molecule has 19 heavy (non-hydrogen) atoms. The highest BCUT2D eigenvalue weighted by Gasteiger charge is 2.27. The van der Waals surface area contributed by atoms with Crippen molar-refractivity contribution in [2.24, 2.45) is 0 Å². The topological polar surface area (TPSA) is 75.0 Å². The van der Waals surface area contributed by atoms with E-state index in [1.54, 1.807) is 19.1 Å². The molecule has 0 amide bonds. The van der Waals surface area contributed by atoms with Crippen molar-refractivity contribution < 1.29 is 27.6 Å². The molecule has 0 aromatic carbocycles. The second-order valence-electron chi connectivity index (χ2n) is 3.54. The van der Waals surface area contributed by atoms with Crippen LogP contribution in [0.15, 0.2) is 28.4 Å². The molecule has 0 aliphatic rings. The molecule has 0 aliphatic carbocycles. The Bertz CT molecular complexity index is 468. The maximum absolute atomic E-state index is 12.1. The van der Waals surface area contributed by atoms with Gasteiger partial charge in [0.2, 0.25) is 0 Å². The van der Waals surface area contributed by atoms with Gasteiger partial charge in [-0.1, -0.05) is 0 Å². The molecule has 0 saturated carbocycles. The zero-order valence-corrected chi connectivity index (χ0v) is 12.0. The Labute approximate surface area is 111 Å². The van der Waals surface area contributed by atoms with Crippen LogP contribution in [0.1, 0.15) is 12.7 Å². The zero-order valence-electron chi connectivity index (χ0n) is 11.1. The summed E-state index contributed by atoms with van der Waals surface area (Å²) in [5, 5.41) is 0. The number of ether oxygens (including phenoxy) is 1. The van der Waals surface area contributed by atoms with Crippen molar-refractivity contribution in [1.29, 1.82) is 0 Å². The van der Waals surface area contributed by atoms with Crippen LogP contribution >= 0.6 is 7.60 Å². The van der Waals surface area contributed by atoms with E-state index < -0.39 is 13.6 Å². The van der Waals surface area contributed by atoms with Gasteiger partial charge in [0.15, 0.2) is 0 Å². The summed E-state index contributed by atoms with van der Waals surface area (Å²) in [6.07, 6.45) is 2.75. The number of hydrogen-bond acceptors (Lipinski definition) is 6. The van der Waals surface area contributed by atoms with Crippen LogP contribution in [-0.4, -0.2) is 33.0 Å². The van der Waals surface area contributed by atoms with Gasteiger partial charge in [-0.3, -0.25) is 4.57 Å². The monoisotopic (exact) mass is 288 g/mol. The zero-order chi connectivity index (χ0) is 14.3. The summed E-state index contributed by atoms with van der Waals surface area (Å²) < 4.78 is 31.7. The molecule has 106 valence electrons. The number of rotatable bonds is 7. The van der Waals surface area contributed by atoms with Gasteiger partial charge in [0, 0.05) is 14.2 Å². The smallest absolute Gasteiger partial charge is 0.334 e. The second-order valence-corrected chi connectivity index (χ2v) is 5.81. The first kappa shape index (κ1) is 15.7. The van der Waals surface area contributed by atoms with Gasteiger partial charge < -0.3 is 18.2 Å². The number of carbonyl (C=O) groups excluding carboxylic acids is 1. The van der Waals surface area contributed by atoms with Crippen molar-refractivity contribution in [2.75, 3.05) is 27.0 Å². The van der Waals surface area contributed by atoms with Gasteiger partial charge >= 0.3 is 13.6 Å². The summed E-state index contributed by atoms with van der Waals surface area (Å²) in [7, 11) is -0.816. The Kier molecular flexibility index (Phi) is 6.02. The van der Waals surface area contributed by atoms with Crippen molar-refractivity contribution in [2.45, 2.75) is 6.92 Å². The molecule has 0 bridgehead atoms. The SMILES string of the molecule is CCOC(=O)/C(=C\c1ccco1)CP(=O)(OC)OC. The number of hydrogen-bond donors (Lipinski definition) is 0. The molecule has 0 atom stereocenters. The molecule has 6 nitrogen and oxygen atoms in total. The van der Waals surface area contributed by atoms with Crippen LogP contribution in [0.3, 0.4) is 0 Å². The van der Waals surface area contributed by atoms with Crippen LogP contribution in [0.2, 0.25) is 0 Å². The minimum Gasteiger partial charge on any atom is -0.465 e. The summed E-state index contributed by atoms with van der Waals surface area (Å²) in [6.45, 7) is 1.91. The van der Waals surface area contributed by atoms with E-state index in [9.17, 15) is 9.36 Å². The molecule has 1 aromatic heterocycles. The Morgan fingerprint density at radius 1 is 1.42 bits per heavy atom. The predicted octanol–water partition coefficient (Wildman–Crippen LogP) is 2.71. The summed E-state index contributed by atoms with van der Waals surface area (Å²) in [6, 6.07) is 3.35. The highest BCUT2D eigenvalue weighted by molar-refractivity contribution is 7.54. The fourth-order valence-electron chi connectivity index (χ4n) is 1.35. The largest absolute Gasteiger partial charge is 0.465 e. The number of furan rings is 1. The first-order valence-electron chi connectivity index (χ1n) is 5.66. The average Bonchev–Trinajstić information content (AvgIpc) is 2.91. The highest BCUT2D eigenvalue weighted by Crippen LogP contribution is 2.48. The third kappa shape index (κ3) is 4.67. The van der Waals surface area contributed by atoms with Crippen LogP contribution in [0.5, 0.6) is 0 Å². The highest BCUT2D eigenvalue weighted by atomic mass is 31.2. The molecule has 0 N–H and O–H groups in total. The predicted molar refractivity (Wildman–Crippen MR) is 69.8 cm³/mol. The normalized spacial score (nSPS) is 12.5. The quantitative estimate of drug-likeness (QED) is 0.436. The molecule has 0 unspecified atom stereocenters. The molecule has 0 spiro atoms. The first-order valence-corrected chi connectivity index (χ1v) is 7.39. The van der Waals surface area contributed by atoms with Crippen molar-refractivity contribution >= 4 is 19.6 Å². The fraction of sp³-hybridized carbons (Fsp3) is 0.417. The van der Waals surface area contributed by atoms with Gasteiger partial charge in [-0.15, -0.1) is 0 Å². The van der Waals surface area contributed by atoms with E-state index in [0.717, 1.165) is 0 Å². The summed E-state index contributed by atoms with van der Waals surface area (Å²) >= 11 is 0. The lowest BCUT2D eigenvalue weighted by atomic mass is 10.2. The maximum atomic E-state index is 12.1. The molecular weight excluding hydrogens is 271 g/mol. The Morgan fingerprint density at radius 2 is 2.11 bits per heavy atom. The van der Waals surface area contributed by atoms with Crippen LogP contribution in [0, 0.1) is 0 Å².